The maximum Gasteiger partial charge on any atom is 0.126 e. The summed E-state index contributed by atoms with van der Waals surface area (Å²) >= 11 is 0. The Bertz CT molecular complexity index is 796. The Morgan fingerprint density at radius 2 is 2.25 bits per heavy atom. The molecule has 1 atom stereocenters. The molecular formula is C17H20N6O. The van der Waals surface area contributed by atoms with E-state index in [0.717, 1.165) is 42.6 Å². The fourth-order valence-corrected chi connectivity index (χ4v) is 2.98. The van der Waals surface area contributed by atoms with Crippen molar-refractivity contribution in [2.24, 2.45) is 7.05 Å². The molecule has 7 heteroatoms. The Morgan fingerprint density at radius 3 is 3.04 bits per heavy atom. The van der Waals surface area contributed by atoms with Crippen LogP contribution in [0.25, 0.3) is 11.3 Å². The molecule has 1 saturated heterocycles. The number of morpholine rings is 1. The fraction of sp³-hybridized carbons (Fsp3) is 0.353. The summed E-state index contributed by atoms with van der Waals surface area (Å²) in [5, 5.41) is 0. The minimum atomic E-state index is 0.0980. The van der Waals surface area contributed by atoms with Gasteiger partial charge in [0.25, 0.3) is 0 Å². The number of hydrogen-bond acceptors (Lipinski definition) is 5. The Labute approximate surface area is 140 Å². The molecule has 124 valence electrons. The predicted octanol–water partition coefficient (Wildman–Crippen LogP) is 1.78. The van der Waals surface area contributed by atoms with E-state index in [-0.39, 0.29) is 6.04 Å². The zero-order chi connectivity index (χ0) is 16.4. The summed E-state index contributed by atoms with van der Waals surface area (Å²) < 4.78 is 7.74. The minimum Gasteiger partial charge on any atom is -0.378 e. The third kappa shape index (κ3) is 2.95. The van der Waals surface area contributed by atoms with Crippen molar-refractivity contribution in [3.05, 3.63) is 54.8 Å². The Balaban J connectivity index is 1.57. The first-order chi connectivity index (χ1) is 11.8. The number of nitrogens with zero attached hydrogens (tertiary/aromatic N) is 5. The molecule has 24 heavy (non-hydrogen) atoms. The van der Waals surface area contributed by atoms with Crippen molar-refractivity contribution < 1.29 is 4.74 Å². The molecule has 0 saturated carbocycles. The van der Waals surface area contributed by atoms with Crippen molar-refractivity contribution in [3.63, 3.8) is 0 Å². The second-order valence-corrected chi connectivity index (χ2v) is 5.94. The second-order valence-electron chi connectivity index (χ2n) is 5.94. The highest BCUT2D eigenvalue weighted by atomic mass is 16.5. The number of aromatic amines is 1. The van der Waals surface area contributed by atoms with Crippen LogP contribution in [0.2, 0.25) is 0 Å². The Morgan fingerprint density at radius 1 is 1.29 bits per heavy atom. The SMILES string of the molecule is Cn1ccnc1CN1CCOCC1c1ncc(-c2cccnc2)[nH]1. The van der Waals surface area contributed by atoms with Gasteiger partial charge in [-0.2, -0.15) is 0 Å². The van der Waals surface area contributed by atoms with E-state index in [1.807, 2.05) is 44.0 Å². The number of aromatic nitrogens is 5. The molecular weight excluding hydrogens is 304 g/mol. The van der Waals surface area contributed by atoms with Crippen molar-refractivity contribution in [2.75, 3.05) is 19.8 Å². The van der Waals surface area contributed by atoms with Crippen LogP contribution in [0.5, 0.6) is 0 Å². The third-order valence-electron chi connectivity index (χ3n) is 4.39. The number of aryl methyl sites for hydroxylation is 1. The van der Waals surface area contributed by atoms with Gasteiger partial charge in [-0.15, -0.1) is 0 Å². The number of hydrogen-bond donors (Lipinski definition) is 1. The van der Waals surface area contributed by atoms with Gasteiger partial charge in [-0.05, 0) is 12.1 Å². The van der Waals surface area contributed by atoms with Crippen LogP contribution in [-0.2, 0) is 18.3 Å². The zero-order valence-electron chi connectivity index (χ0n) is 13.6. The van der Waals surface area contributed by atoms with E-state index in [4.69, 9.17) is 4.74 Å². The van der Waals surface area contributed by atoms with Crippen LogP contribution in [0.1, 0.15) is 17.7 Å². The molecule has 0 amide bonds. The van der Waals surface area contributed by atoms with E-state index in [2.05, 4.69) is 29.4 Å². The molecule has 7 nitrogen and oxygen atoms in total. The normalized spacial score (nSPS) is 18.8. The van der Waals surface area contributed by atoms with Gasteiger partial charge in [0.15, 0.2) is 0 Å². The number of imidazole rings is 2. The molecule has 0 aromatic carbocycles. The van der Waals surface area contributed by atoms with Crippen molar-refractivity contribution in [3.8, 4) is 11.3 Å². The van der Waals surface area contributed by atoms with Crippen LogP contribution in [0.3, 0.4) is 0 Å². The lowest BCUT2D eigenvalue weighted by molar-refractivity contribution is -0.0170. The maximum atomic E-state index is 5.69. The standard InChI is InChI=1S/C17H20N6O/c1-22-6-5-19-16(22)11-23-7-8-24-12-15(23)17-20-10-14(21-17)13-3-2-4-18-9-13/h2-6,9-10,15H,7-8,11-12H2,1H3,(H,20,21). The number of H-pyrrole nitrogens is 1. The maximum absolute atomic E-state index is 5.69. The number of ether oxygens (including phenoxy) is 1. The molecule has 0 aliphatic carbocycles. The molecule has 0 radical (unpaired) electrons. The van der Waals surface area contributed by atoms with Crippen molar-refractivity contribution in [1.82, 2.24) is 29.4 Å². The first kappa shape index (κ1) is 15.0. The molecule has 1 aliphatic rings. The molecule has 1 unspecified atom stereocenters. The van der Waals surface area contributed by atoms with E-state index in [9.17, 15) is 0 Å². The second kappa shape index (κ2) is 6.54. The van der Waals surface area contributed by atoms with Gasteiger partial charge in [-0.25, -0.2) is 9.97 Å². The first-order valence-corrected chi connectivity index (χ1v) is 8.04. The summed E-state index contributed by atoms with van der Waals surface area (Å²) in [7, 11) is 2.02. The van der Waals surface area contributed by atoms with Gasteiger partial charge in [0.1, 0.15) is 11.6 Å². The zero-order valence-corrected chi connectivity index (χ0v) is 13.6. The summed E-state index contributed by atoms with van der Waals surface area (Å²) in [4.78, 5) is 19.0. The molecule has 3 aromatic rings. The minimum absolute atomic E-state index is 0.0980. The van der Waals surface area contributed by atoms with Crippen molar-refractivity contribution in [2.45, 2.75) is 12.6 Å². The summed E-state index contributed by atoms with van der Waals surface area (Å²) in [6.07, 6.45) is 9.26. The monoisotopic (exact) mass is 324 g/mol. The molecule has 4 rings (SSSR count). The summed E-state index contributed by atoms with van der Waals surface area (Å²) in [6, 6.07) is 4.04. The molecule has 1 aliphatic heterocycles. The van der Waals surface area contributed by atoms with Crippen LogP contribution < -0.4 is 0 Å². The molecule has 0 spiro atoms. The van der Waals surface area contributed by atoms with E-state index < -0.39 is 0 Å². The lowest BCUT2D eigenvalue weighted by atomic mass is 10.2. The Hall–Kier alpha value is -2.51. The van der Waals surface area contributed by atoms with Gasteiger partial charge in [0, 0.05) is 43.9 Å². The number of rotatable bonds is 4. The molecule has 4 heterocycles. The van der Waals surface area contributed by atoms with E-state index >= 15 is 0 Å². The van der Waals surface area contributed by atoms with Gasteiger partial charge >= 0.3 is 0 Å². The summed E-state index contributed by atoms with van der Waals surface area (Å²) in [6.45, 7) is 3.00. The fourth-order valence-electron chi connectivity index (χ4n) is 2.98. The van der Waals surface area contributed by atoms with Gasteiger partial charge < -0.3 is 14.3 Å². The van der Waals surface area contributed by atoms with Gasteiger partial charge in [-0.1, -0.05) is 0 Å². The predicted molar refractivity (Wildman–Crippen MR) is 89.0 cm³/mol. The number of nitrogens with one attached hydrogen (secondary N) is 1. The molecule has 1 N–H and O–H groups in total. The van der Waals surface area contributed by atoms with Crippen LogP contribution in [0.15, 0.2) is 43.1 Å². The van der Waals surface area contributed by atoms with Gasteiger partial charge in [0.2, 0.25) is 0 Å². The van der Waals surface area contributed by atoms with E-state index in [0.29, 0.717) is 6.61 Å². The van der Waals surface area contributed by atoms with Gasteiger partial charge in [-0.3, -0.25) is 9.88 Å². The van der Waals surface area contributed by atoms with E-state index in [1.54, 1.807) is 6.20 Å². The highest BCUT2D eigenvalue weighted by molar-refractivity contribution is 5.56. The van der Waals surface area contributed by atoms with Crippen molar-refractivity contribution in [1.29, 1.82) is 0 Å². The average molecular weight is 324 g/mol. The highest BCUT2D eigenvalue weighted by Gasteiger charge is 2.28. The average Bonchev–Trinajstić information content (AvgIpc) is 3.26. The van der Waals surface area contributed by atoms with Crippen molar-refractivity contribution >= 4 is 0 Å². The van der Waals surface area contributed by atoms with E-state index in [1.165, 1.54) is 0 Å². The highest BCUT2D eigenvalue weighted by Crippen LogP contribution is 2.25. The van der Waals surface area contributed by atoms with Crippen LogP contribution in [-0.4, -0.2) is 49.2 Å². The van der Waals surface area contributed by atoms with Gasteiger partial charge in [0.05, 0.1) is 37.7 Å². The Kier molecular flexibility index (Phi) is 4.10. The lowest BCUT2D eigenvalue weighted by Crippen LogP contribution is -2.40. The summed E-state index contributed by atoms with van der Waals surface area (Å²) in [5.41, 5.74) is 2.00. The smallest absolute Gasteiger partial charge is 0.126 e. The van der Waals surface area contributed by atoms with Crippen LogP contribution in [0.4, 0.5) is 0 Å². The quantitative estimate of drug-likeness (QED) is 0.792. The molecule has 0 bridgehead atoms. The lowest BCUT2D eigenvalue weighted by Gasteiger charge is -2.34. The topological polar surface area (TPSA) is 71.9 Å². The molecule has 3 aromatic heterocycles. The number of pyridine rings is 1. The summed E-state index contributed by atoms with van der Waals surface area (Å²) in [5.74, 6) is 1.96. The van der Waals surface area contributed by atoms with Crippen LogP contribution in [0, 0.1) is 0 Å². The molecule has 1 fully saturated rings. The first-order valence-electron chi connectivity index (χ1n) is 8.04. The van der Waals surface area contributed by atoms with Crippen LogP contribution >= 0.6 is 0 Å². The largest absolute Gasteiger partial charge is 0.378 e. The third-order valence-corrected chi connectivity index (χ3v) is 4.39.